The number of benzene rings is 7. The fourth-order valence-corrected chi connectivity index (χ4v) is 12.0. The summed E-state index contributed by atoms with van der Waals surface area (Å²) in [4.78, 5) is 41.2. The SMILES string of the molecule is CCc1cc(OCCCCn2cc(COCCOCCOCCOCCOCCOCCOCCOCCNC(=O)OC(C)(C)C)nn2)ccc1-c1ccc(C[C@H](NC(=O)OCC2c3ccccc3-c3ccccc32)C(=O)OC(c2ccccc2)(c2ccc(C)cc2)c2ccccc2Cl)cc1. The topological polar surface area (TPSA) is 217 Å². The van der Waals surface area contributed by atoms with Gasteiger partial charge in [-0.1, -0.05) is 181 Å². The number of amides is 2. The summed E-state index contributed by atoms with van der Waals surface area (Å²) in [5, 5.41) is 14.6. The number of ether oxygens (including phenoxy) is 12. The first-order valence-corrected chi connectivity index (χ1v) is 35.2. The first kappa shape index (κ1) is 76.6. The van der Waals surface area contributed by atoms with Gasteiger partial charge in [0, 0.05) is 47.1 Å². The van der Waals surface area contributed by atoms with Crippen LogP contribution in [0.3, 0.4) is 0 Å². The van der Waals surface area contributed by atoms with Crippen LogP contribution < -0.4 is 15.4 Å². The molecule has 538 valence electrons. The maximum Gasteiger partial charge on any atom is 0.407 e. The largest absolute Gasteiger partial charge is 0.494 e. The number of nitrogens with one attached hydrogen (secondary N) is 2. The van der Waals surface area contributed by atoms with Crippen LogP contribution in [-0.2, 0) is 88.5 Å². The van der Waals surface area contributed by atoms with Crippen LogP contribution in [0.15, 0.2) is 176 Å². The minimum absolute atomic E-state index is 0.0657. The highest BCUT2D eigenvalue weighted by Gasteiger charge is 2.44. The second kappa shape index (κ2) is 40.8. The molecular weight excluding hydrogens is 1310 g/mol. The Morgan fingerprint density at radius 2 is 1.12 bits per heavy atom. The molecule has 1 heterocycles. The van der Waals surface area contributed by atoms with E-state index < -0.39 is 35.4 Å². The van der Waals surface area contributed by atoms with Crippen molar-refractivity contribution in [2.45, 2.75) is 96.6 Å². The van der Waals surface area contributed by atoms with Crippen molar-refractivity contribution < 1.29 is 71.2 Å². The van der Waals surface area contributed by atoms with Crippen molar-refractivity contribution in [2.75, 3.05) is 119 Å². The first-order valence-electron chi connectivity index (χ1n) is 34.8. The van der Waals surface area contributed by atoms with E-state index in [2.05, 4.69) is 64.3 Å². The fraction of sp³-hybridized carbons (Fsp3) is 0.412. The highest BCUT2D eigenvalue weighted by Crippen LogP contribution is 2.46. The number of nitrogens with zero attached hydrogens (tertiary/aromatic N) is 3. The van der Waals surface area contributed by atoms with E-state index in [0.29, 0.717) is 147 Å². The van der Waals surface area contributed by atoms with Crippen LogP contribution in [0.4, 0.5) is 9.59 Å². The molecule has 8 aromatic rings. The van der Waals surface area contributed by atoms with E-state index in [4.69, 9.17) is 68.4 Å². The number of hydrogen-bond donors (Lipinski definition) is 2. The van der Waals surface area contributed by atoms with Gasteiger partial charge in [-0.15, -0.1) is 5.10 Å². The van der Waals surface area contributed by atoms with Crippen LogP contribution in [0.1, 0.15) is 96.7 Å². The highest BCUT2D eigenvalue weighted by atomic mass is 35.5. The van der Waals surface area contributed by atoms with Gasteiger partial charge < -0.3 is 67.5 Å². The minimum Gasteiger partial charge on any atom is -0.494 e. The molecule has 1 unspecified atom stereocenters. The number of alkyl carbamates (subject to hydrolysis) is 2. The average molecular weight is 1400 g/mol. The average Bonchev–Trinajstić information content (AvgIpc) is 1.24. The molecule has 0 fully saturated rings. The first-order chi connectivity index (χ1) is 49.3. The van der Waals surface area contributed by atoms with E-state index >= 15 is 4.79 Å². The van der Waals surface area contributed by atoms with Crippen LogP contribution in [-0.4, -0.2) is 164 Å². The molecule has 0 bridgehead atoms. The number of unbranched alkanes of at least 4 members (excludes halogenated alkanes) is 1. The third-order valence-corrected chi connectivity index (χ3v) is 17.0. The van der Waals surface area contributed by atoms with Crippen LogP contribution in [0.25, 0.3) is 22.3 Å². The van der Waals surface area contributed by atoms with Crippen LogP contribution >= 0.6 is 11.6 Å². The number of fused-ring (bicyclic) bond motifs is 3. The molecule has 1 aromatic heterocycles. The van der Waals surface area contributed by atoms with Gasteiger partial charge in [-0.05, 0) is 110 Å². The molecule has 2 amide bonds. The Bertz CT molecular complexity index is 3750. The number of carbonyl (C=O) groups excluding carboxylic acids is 3. The summed E-state index contributed by atoms with van der Waals surface area (Å²) >= 11 is 7.09. The van der Waals surface area contributed by atoms with Crippen LogP contribution in [0.5, 0.6) is 5.75 Å². The number of rotatable bonds is 44. The lowest BCUT2D eigenvalue weighted by molar-refractivity contribution is -0.156. The van der Waals surface area contributed by atoms with Crippen molar-refractivity contribution in [1.29, 1.82) is 0 Å². The number of carbonyl (C=O) groups is 3. The molecule has 1 aliphatic rings. The lowest BCUT2D eigenvalue weighted by Gasteiger charge is -2.37. The Balaban J connectivity index is 0.665. The number of halogens is 1. The van der Waals surface area contributed by atoms with Gasteiger partial charge in [0.05, 0.1) is 119 Å². The van der Waals surface area contributed by atoms with E-state index in [1.807, 2.05) is 166 Å². The summed E-state index contributed by atoms with van der Waals surface area (Å²) in [6.45, 7) is 18.2. The number of hydrogen-bond acceptors (Lipinski definition) is 17. The molecule has 20 nitrogen and oxygen atoms in total. The molecular formula is C80H96ClN5O15. The zero-order chi connectivity index (χ0) is 70.9. The summed E-state index contributed by atoms with van der Waals surface area (Å²) in [6.07, 6.45) is 3.23. The molecule has 2 N–H and O–H groups in total. The van der Waals surface area contributed by atoms with Crippen LogP contribution in [0.2, 0.25) is 5.02 Å². The van der Waals surface area contributed by atoms with Crippen molar-refractivity contribution in [3.63, 3.8) is 0 Å². The summed E-state index contributed by atoms with van der Waals surface area (Å²) in [5.41, 5.74) is 10.0. The van der Waals surface area contributed by atoms with Gasteiger partial charge in [0.2, 0.25) is 0 Å². The number of aromatic nitrogens is 3. The second-order valence-electron chi connectivity index (χ2n) is 25.2. The maximum absolute atomic E-state index is 15.3. The van der Waals surface area contributed by atoms with Crippen molar-refractivity contribution in [3.8, 4) is 28.0 Å². The van der Waals surface area contributed by atoms with Gasteiger partial charge >= 0.3 is 18.2 Å². The van der Waals surface area contributed by atoms with Crippen molar-refractivity contribution in [1.82, 2.24) is 25.6 Å². The van der Waals surface area contributed by atoms with E-state index in [1.54, 1.807) is 6.07 Å². The van der Waals surface area contributed by atoms with Gasteiger partial charge in [-0.3, -0.25) is 4.68 Å². The molecule has 101 heavy (non-hydrogen) atoms. The normalized spacial score (nSPS) is 12.9. The molecule has 9 rings (SSSR count). The monoisotopic (exact) mass is 1400 g/mol. The lowest BCUT2D eigenvalue weighted by atomic mass is 9.79. The van der Waals surface area contributed by atoms with Crippen molar-refractivity contribution in [3.05, 3.63) is 231 Å². The summed E-state index contributed by atoms with van der Waals surface area (Å²) < 4.78 is 70.8. The summed E-state index contributed by atoms with van der Waals surface area (Å²) in [7, 11) is 0. The van der Waals surface area contributed by atoms with Gasteiger partial charge in [0.1, 0.15) is 29.7 Å². The number of esters is 1. The molecule has 0 aliphatic heterocycles. The quantitative estimate of drug-likeness (QED) is 0.0157. The molecule has 0 saturated heterocycles. The molecule has 0 radical (unpaired) electrons. The zero-order valence-electron chi connectivity index (χ0n) is 58.7. The van der Waals surface area contributed by atoms with Crippen molar-refractivity contribution in [2.24, 2.45) is 0 Å². The standard InChI is InChI=1S/C80H96ClN5O15/c1-6-61-55-66(98-38-17-16-37-86-56-65(84-85-86)57-97-53-52-96-51-50-95-49-48-94-47-46-93-45-44-92-43-42-91-41-40-90-39-36-82-77(88)101-79(3,4)5)34-35-67(61)62-30-28-60(29-31-62)54-75(83-78(89)99-58-72-70-22-12-10-20-68(70)69-21-11-13-23-71(69)72)76(87)100-80(63-18-8-7-9-19-63,64-32-26-59(2)27-33-64)73-24-14-15-25-74(73)81/h7-15,18-35,55-56,72,75H,6,16-17,36-54,57-58H2,1-5H3,(H,82,88)(H,83,89)/t75-,80?/m0/s1. The van der Waals surface area contributed by atoms with Gasteiger partial charge in [-0.25, -0.2) is 14.4 Å². The Morgan fingerprint density at radius 3 is 1.71 bits per heavy atom. The predicted molar refractivity (Wildman–Crippen MR) is 386 cm³/mol. The van der Waals surface area contributed by atoms with E-state index in [1.165, 1.54) is 0 Å². The molecule has 21 heteroatoms. The molecule has 1 aliphatic carbocycles. The van der Waals surface area contributed by atoms with Gasteiger partial charge in [0.15, 0.2) is 5.60 Å². The minimum atomic E-state index is -1.51. The van der Waals surface area contributed by atoms with E-state index in [9.17, 15) is 9.59 Å². The second-order valence-corrected chi connectivity index (χ2v) is 25.6. The Hall–Kier alpha value is -8.54. The highest BCUT2D eigenvalue weighted by molar-refractivity contribution is 6.31. The third-order valence-electron chi connectivity index (χ3n) is 16.6. The smallest absolute Gasteiger partial charge is 0.407 e. The lowest BCUT2D eigenvalue weighted by Crippen LogP contribution is -2.47. The van der Waals surface area contributed by atoms with Gasteiger partial charge in [0.25, 0.3) is 0 Å². The number of aryl methyl sites for hydroxylation is 3. The van der Waals surface area contributed by atoms with E-state index in [-0.39, 0.29) is 18.9 Å². The predicted octanol–water partition coefficient (Wildman–Crippen LogP) is 13.5. The summed E-state index contributed by atoms with van der Waals surface area (Å²) in [6, 6.07) is 54.2. The Morgan fingerprint density at radius 1 is 0.564 bits per heavy atom. The molecule has 0 saturated carbocycles. The Kier molecular flexibility index (Phi) is 30.9. The molecule has 0 spiro atoms. The summed E-state index contributed by atoms with van der Waals surface area (Å²) in [5.74, 6) is -0.0684. The Labute approximate surface area is 598 Å². The van der Waals surface area contributed by atoms with Crippen LogP contribution in [0, 0.1) is 6.92 Å². The molecule has 2 atom stereocenters. The van der Waals surface area contributed by atoms with E-state index in [0.717, 1.165) is 80.8 Å². The maximum atomic E-state index is 15.3. The van der Waals surface area contributed by atoms with Gasteiger partial charge in [-0.2, -0.15) is 0 Å². The third kappa shape index (κ3) is 24.0. The molecule has 7 aromatic carbocycles. The van der Waals surface area contributed by atoms with Crippen molar-refractivity contribution >= 4 is 29.8 Å². The fourth-order valence-electron chi connectivity index (χ4n) is 11.7. The zero-order valence-corrected chi connectivity index (χ0v) is 59.5.